The SMILES string of the molecule is CCCNC(CC1CC(OCC)C1)C1CCCCC1. The molecule has 1 unspecified atom stereocenters. The van der Waals surface area contributed by atoms with E-state index in [-0.39, 0.29) is 0 Å². The number of rotatable bonds is 8. The van der Waals surface area contributed by atoms with Gasteiger partial charge >= 0.3 is 0 Å². The average Bonchev–Trinajstić information content (AvgIpc) is 2.41. The zero-order valence-electron chi connectivity index (χ0n) is 13.0. The van der Waals surface area contributed by atoms with E-state index >= 15 is 0 Å². The van der Waals surface area contributed by atoms with Crippen LogP contribution in [0.5, 0.6) is 0 Å². The van der Waals surface area contributed by atoms with Gasteiger partial charge in [-0.25, -0.2) is 0 Å². The number of hydrogen-bond donors (Lipinski definition) is 1. The van der Waals surface area contributed by atoms with Crippen LogP contribution >= 0.6 is 0 Å². The van der Waals surface area contributed by atoms with Crippen molar-refractivity contribution in [3.8, 4) is 0 Å². The molecule has 0 radical (unpaired) electrons. The van der Waals surface area contributed by atoms with Crippen LogP contribution in [0.15, 0.2) is 0 Å². The van der Waals surface area contributed by atoms with E-state index in [2.05, 4.69) is 19.2 Å². The van der Waals surface area contributed by atoms with Gasteiger partial charge in [0.1, 0.15) is 0 Å². The molecule has 1 N–H and O–H groups in total. The molecule has 1 atom stereocenters. The molecule has 112 valence electrons. The van der Waals surface area contributed by atoms with E-state index in [1.807, 2.05) is 0 Å². The third kappa shape index (κ3) is 4.75. The standard InChI is InChI=1S/C17H33NO/c1-3-10-18-17(15-8-6-5-7-9-15)13-14-11-16(12-14)19-4-2/h14-18H,3-13H2,1-2H3. The van der Waals surface area contributed by atoms with Crippen LogP contribution in [0.1, 0.15) is 71.6 Å². The van der Waals surface area contributed by atoms with Crippen LogP contribution < -0.4 is 5.32 Å². The van der Waals surface area contributed by atoms with Gasteiger partial charge in [0.15, 0.2) is 0 Å². The Morgan fingerprint density at radius 1 is 1.11 bits per heavy atom. The normalized spacial score (nSPS) is 30.0. The van der Waals surface area contributed by atoms with E-state index in [0.717, 1.165) is 24.5 Å². The van der Waals surface area contributed by atoms with Crippen molar-refractivity contribution >= 4 is 0 Å². The summed E-state index contributed by atoms with van der Waals surface area (Å²) in [5.41, 5.74) is 0. The first-order valence-corrected chi connectivity index (χ1v) is 8.68. The largest absolute Gasteiger partial charge is 0.378 e. The molecular formula is C17H33NO. The van der Waals surface area contributed by atoms with E-state index in [1.54, 1.807) is 0 Å². The van der Waals surface area contributed by atoms with Crippen LogP contribution in [0.3, 0.4) is 0 Å². The van der Waals surface area contributed by atoms with Crippen molar-refractivity contribution in [2.45, 2.75) is 83.8 Å². The predicted molar refractivity (Wildman–Crippen MR) is 81.4 cm³/mol. The minimum absolute atomic E-state index is 0.577. The van der Waals surface area contributed by atoms with Crippen molar-refractivity contribution in [2.24, 2.45) is 11.8 Å². The fourth-order valence-electron chi connectivity index (χ4n) is 3.91. The van der Waals surface area contributed by atoms with E-state index in [0.29, 0.717) is 6.10 Å². The summed E-state index contributed by atoms with van der Waals surface area (Å²) in [6.45, 7) is 6.47. The van der Waals surface area contributed by atoms with Crippen LogP contribution in [0.25, 0.3) is 0 Å². The Morgan fingerprint density at radius 3 is 2.47 bits per heavy atom. The van der Waals surface area contributed by atoms with Gasteiger partial charge in [-0.05, 0) is 63.8 Å². The maximum absolute atomic E-state index is 5.70. The smallest absolute Gasteiger partial charge is 0.0580 e. The summed E-state index contributed by atoms with van der Waals surface area (Å²) >= 11 is 0. The monoisotopic (exact) mass is 267 g/mol. The fourth-order valence-corrected chi connectivity index (χ4v) is 3.91. The van der Waals surface area contributed by atoms with Gasteiger partial charge in [-0.15, -0.1) is 0 Å². The Hall–Kier alpha value is -0.0800. The lowest BCUT2D eigenvalue weighted by atomic mass is 9.73. The fraction of sp³-hybridized carbons (Fsp3) is 1.00. The van der Waals surface area contributed by atoms with Gasteiger partial charge in [0.25, 0.3) is 0 Å². The summed E-state index contributed by atoms with van der Waals surface area (Å²) in [7, 11) is 0. The Bertz CT molecular complexity index is 231. The lowest BCUT2D eigenvalue weighted by Crippen LogP contribution is -2.42. The molecule has 0 amide bonds. The van der Waals surface area contributed by atoms with Crippen molar-refractivity contribution in [3.05, 3.63) is 0 Å². The number of nitrogens with one attached hydrogen (secondary N) is 1. The molecule has 0 bridgehead atoms. The molecule has 2 rings (SSSR count). The molecule has 19 heavy (non-hydrogen) atoms. The Labute approximate surface area is 119 Å². The average molecular weight is 267 g/mol. The zero-order valence-corrected chi connectivity index (χ0v) is 13.0. The Morgan fingerprint density at radius 2 is 1.84 bits per heavy atom. The Balaban J connectivity index is 1.74. The van der Waals surface area contributed by atoms with Crippen LogP contribution in [-0.4, -0.2) is 25.3 Å². The maximum atomic E-state index is 5.70. The summed E-state index contributed by atoms with van der Waals surface area (Å²) in [6.07, 6.45) is 13.2. The molecule has 0 aromatic carbocycles. The van der Waals surface area contributed by atoms with Gasteiger partial charge < -0.3 is 10.1 Å². The second-order valence-corrected chi connectivity index (χ2v) is 6.61. The summed E-state index contributed by atoms with van der Waals surface area (Å²) in [6, 6.07) is 0.785. The molecule has 2 saturated carbocycles. The minimum atomic E-state index is 0.577. The summed E-state index contributed by atoms with van der Waals surface area (Å²) in [4.78, 5) is 0. The van der Waals surface area contributed by atoms with Gasteiger partial charge in [-0.3, -0.25) is 0 Å². The summed E-state index contributed by atoms with van der Waals surface area (Å²) in [5, 5.41) is 3.84. The molecule has 0 aromatic rings. The highest BCUT2D eigenvalue weighted by molar-refractivity contribution is 4.87. The predicted octanol–water partition coefficient (Wildman–Crippen LogP) is 4.14. The summed E-state index contributed by atoms with van der Waals surface area (Å²) < 4.78 is 5.70. The zero-order chi connectivity index (χ0) is 13.5. The van der Waals surface area contributed by atoms with E-state index in [9.17, 15) is 0 Å². The maximum Gasteiger partial charge on any atom is 0.0580 e. The molecule has 0 aliphatic heterocycles. The van der Waals surface area contributed by atoms with E-state index in [1.165, 1.54) is 64.3 Å². The molecule has 0 saturated heterocycles. The highest BCUT2D eigenvalue weighted by Crippen LogP contribution is 2.37. The molecule has 2 nitrogen and oxygen atoms in total. The van der Waals surface area contributed by atoms with Gasteiger partial charge in [0.2, 0.25) is 0 Å². The Kier molecular flexibility index (Phi) is 6.66. The number of hydrogen-bond acceptors (Lipinski definition) is 2. The van der Waals surface area contributed by atoms with Crippen molar-refractivity contribution in [3.63, 3.8) is 0 Å². The second kappa shape index (κ2) is 8.26. The van der Waals surface area contributed by atoms with Crippen molar-refractivity contribution < 1.29 is 4.74 Å². The van der Waals surface area contributed by atoms with Gasteiger partial charge in [-0.2, -0.15) is 0 Å². The third-order valence-corrected chi connectivity index (χ3v) is 5.06. The van der Waals surface area contributed by atoms with Crippen molar-refractivity contribution in [1.82, 2.24) is 5.32 Å². The highest BCUT2D eigenvalue weighted by Gasteiger charge is 2.33. The van der Waals surface area contributed by atoms with Crippen LogP contribution in [0.2, 0.25) is 0 Å². The number of ether oxygens (including phenoxy) is 1. The topological polar surface area (TPSA) is 21.3 Å². The van der Waals surface area contributed by atoms with E-state index < -0.39 is 0 Å². The minimum Gasteiger partial charge on any atom is -0.378 e. The van der Waals surface area contributed by atoms with Crippen molar-refractivity contribution in [1.29, 1.82) is 0 Å². The lowest BCUT2D eigenvalue weighted by Gasteiger charge is -2.40. The first-order chi connectivity index (χ1) is 9.33. The molecule has 0 heterocycles. The quantitative estimate of drug-likeness (QED) is 0.713. The third-order valence-electron chi connectivity index (χ3n) is 5.06. The molecule has 2 aliphatic rings. The van der Waals surface area contributed by atoms with Crippen LogP contribution in [-0.2, 0) is 4.74 Å². The van der Waals surface area contributed by atoms with Crippen LogP contribution in [0.4, 0.5) is 0 Å². The van der Waals surface area contributed by atoms with Gasteiger partial charge in [0.05, 0.1) is 6.10 Å². The first kappa shape index (κ1) is 15.3. The molecule has 0 aromatic heterocycles. The van der Waals surface area contributed by atoms with E-state index in [4.69, 9.17) is 4.74 Å². The summed E-state index contributed by atoms with van der Waals surface area (Å²) in [5.74, 6) is 1.87. The molecule has 2 heteroatoms. The first-order valence-electron chi connectivity index (χ1n) is 8.68. The van der Waals surface area contributed by atoms with Gasteiger partial charge in [0, 0.05) is 12.6 Å². The highest BCUT2D eigenvalue weighted by atomic mass is 16.5. The van der Waals surface area contributed by atoms with Gasteiger partial charge in [-0.1, -0.05) is 26.2 Å². The second-order valence-electron chi connectivity index (χ2n) is 6.61. The van der Waals surface area contributed by atoms with Crippen molar-refractivity contribution in [2.75, 3.05) is 13.2 Å². The lowest BCUT2D eigenvalue weighted by molar-refractivity contribution is -0.0313. The van der Waals surface area contributed by atoms with Crippen LogP contribution in [0, 0.1) is 11.8 Å². The molecule has 2 aliphatic carbocycles. The molecule has 0 spiro atoms. The molecular weight excluding hydrogens is 234 g/mol. The molecule has 2 fully saturated rings.